The Balaban J connectivity index is 1.53. The molecular weight excluding hydrogens is 340 g/mol. The van der Waals surface area contributed by atoms with Crippen LogP contribution < -0.4 is 10.6 Å². The van der Waals surface area contributed by atoms with Gasteiger partial charge in [-0.05, 0) is 53.6 Å². The van der Waals surface area contributed by atoms with Crippen molar-refractivity contribution in [3.8, 4) is 0 Å². The first-order chi connectivity index (χ1) is 13.2. The fraction of sp³-hybridized carbons (Fsp3) is 0.182. The highest BCUT2D eigenvalue weighted by atomic mass is 16.5. The summed E-state index contributed by atoms with van der Waals surface area (Å²) in [6.07, 6.45) is 0.782. The quantitative estimate of drug-likeness (QED) is 0.609. The number of fused-ring (bicyclic) bond motifs is 1. The number of anilines is 2. The molecule has 3 aromatic rings. The summed E-state index contributed by atoms with van der Waals surface area (Å²) in [5.41, 5.74) is 1.99. The number of esters is 1. The van der Waals surface area contributed by atoms with Crippen LogP contribution >= 0.6 is 0 Å². The monoisotopic (exact) mass is 362 g/mol. The lowest BCUT2D eigenvalue weighted by Crippen LogP contribution is -2.21. The third-order valence-electron chi connectivity index (χ3n) is 4.04. The molecule has 27 heavy (non-hydrogen) atoms. The zero-order valence-corrected chi connectivity index (χ0v) is 15.2. The van der Waals surface area contributed by atoms with Gasteiger partial charge in [-0.15, -0.1) is 0 Å². The number of carbonyl (C=O) groups is 2. The second kappa shape index (κ2) is 8.85. The van der Waals surface area contributed by atoms with Gasteiger partial charge in [0.05, 0.1) is 18.7 Å². The van der Waals surface area contributed by atoms with Crippen LogP contribution in [-0.2, 0) is 9.53 Å². The van der Waals surface area contributed by atoms with E-state index >= 15 is 0 Å². The summed E-state index contributed by atoms with van der Waals surface area (Å²) in [5.74, 6) is -0.517. The van der Waals surface area contributed by atoms with Crippen molar-refractivity contribution in [2.75, 3.05) is 23.8 Å². The van der Waals surface area contributed by atoms with Crippen molar-refractivity contribution < 1.29 is 14.3 Å². The first-order valence-electron chi connectivity index (χ1n) is 8.95. The van der Waals surface area contributed by atoms with Crippen LogP contribution in [0.3, 0.4) is 0 Å². The summed E-state index contributed by atoms with van der Waals surface area (Å²) in [6, 6.07) is 20.7. The molecule has 3 aromatic carbocycles. The van der Waals surface area contributed by atoms with Crippen molar-refractivity contribution in [3.05, 3.63) is 72.3 Å². The number of hydrogen-bond acceptors (Lipinski definition) is 4. The van der Waals surface area contributed by atoms with E-state index in [1.54, 1.807) is 24.3 Å². The summed E-state index contributed by atoms with van der Waals surface area (Å²) in [6.45, 7) is 2.49. The third kappa shape index (κ3) is 5.07. The lowest BCUT2D eigenvalue weighted by Gasteiger charge is -2.09. The van der Waals surface area contributed by atoms with Crippen LogP contribution in [-0.4, -0.2) is 25.0 Å². The van der Waals surface area contributed by atoms with Gasteiger partial charge in [-0.2, -0.15) is 0 Å². The number of ether oxygens (including phenoxy) is 1. The van der Waals surface area contributed by atoms with Crippen LogP contribution in [0.25, 0.3) is 10.8 Å². The van der Waals surface area contributed by atoms with E-state index in [2.05, 4.69) is 10.6 Å². The number of carbonyl (C=O) groups excluding carboxylic acids is 2. The molecule has 0 atom stereocenters. The summed E-state index contributed by atoms with van der Waals surface area (Å²) < 4.78 is 5.08. The molecular formula is C22H22N2O3. The summed E-state index contributed by atoms with van der Waals surface area (Å²) in [4.78, 5) is 23.9. The van der Waals surface area contributed by atoms with Gasteiger partial charge >= 0.3 is 5.97 Å². The molecule has 5 nitrogen and oxygen atoms in total. The highest BCUT2D eigenvalue weighted by Crippen LogP contribution is 2.18. The molecule has 0 spiro atoms. The maximum atomic E-state index is 12.1. The average Bonchev–Trinajstić information content (AvgIpc) is 2.71. The van der Waals surface area contributed by atoms with Crippen LogP contribution in [0.15, 0.2) is 66.7 Å². The van der Waals surface area contributed by atoms with Crippen LogP contribution in [0.2, 0.25) is 0 Å². The molecule has 138 valence electrons. The van der Waals surface area contributed by atoms with Crippen LogP contribution in [0.1, 0.15) is 23.7 Å². The van der Waals surface area contributed by atoms with Crippen molar-refractivity contribution in [2.45, 2.75) is 13.3 Å². The minimum absolute atomic E-state index is 0.151. The summed E-state index contributed by atoms with van der Waals surface area (Å²) >= 11 is 0. The van der Waals surface area contributed by atoms with E-state index in [9.17, 15) is 9.59 Å². The zero-order valence-electron chi connectivity index (χ0n) is 15.2. The molecule has 0 bridgehead atoms. The van der Waals surface area contributed by atoms with Gasteiger partial charge < -0.3 is 15.4 Å². The van der Waals surface area contributed by atoms with Gasteiger partial charge in [0.1, 0.15) is 0 Å². The molecule has 1 amide bonds. The number of amides is 1. The number of nitrogens with one attached hydrogen (secondary N) is 2. The molecule has 0 unspecified atom stereocenters. The molecule has 0 aliphatic heterocycles. The number of benzene rings is 3. The second-order valence-corrected chi connectivity index (χ2v) is 6.18. The molecule has 0 aliphatic rings. The summed E-state index contributed by atoms with van der Waals surface area (Å²) in [5, 5.41) is 8.20. The fourth-order valence-electron chi connectivity index (χ4n) is 2.65. The lowest BCUT2D eigenvalue weighted by molar-refractivity contribution is -0.114. The van der Waals surface area contributed by atoms with Gasteiger partial charge in [-0.1, -0.05) is 37.3 Å². The highest BCUT2D eigenvalue weighted by molar-refractivity contribution is 5.95. The first kappa shape index (κ1) is 18.5. The van der Waals surface area contributed by atoms with Gasteiger partial charge in [0.2, 0.25) is 5.91 Å². The molecule has 2 N–H and O–H groups in total. The Morgan fingerprint density at radius 3 is 2.33 bits per heavy atom. The predicted molar refractivity (Wildman–Crippen MR) is 108 cm³/mol. The zero-order chi connectivity index (χ0) is 19.1. The van der Waals surface area contributed by atoms with Gasteiger partial charge in [0.25, 0.3) is 0 Å². The number of hydrogen-bond donors (Lipinski definition) is 2. The van der Waals surface area contributed by atoms with Crippen LogP contribution in [0, 0.1) is 0 Å². The van der Waals surface area contributed by atoms with E-state index < -0.39 is 0 Å². The van der Waals surface area contributed by atoms with Crippen LogP contribution in [0.4, 0.5) is 11.4 Å². The topological polar surface area (TPSA) is 67.4 Å². The smallest absolute Gasteiger partial charge is 0.338 e. The van der Waals surface area contributed by atoms with Crippen molar-refractivity contribution >= 4 is 34.0 Å². The maximum absolute atomic E-state index is 12.1. The molecule has 5 heteroatoms. The van der Waals surface area contributed by atoms with Gasteiger partial charge in [-0.25, -0.2) is 4.79 Å². The van der Waals surface area contributed by atoms with Crippen molar-refractivity contribution in [2.24, 2.45) is 0 Å². The maximum Gasteiger partial charge on any atom is 0.338 e. The van der Waals surface area contributed by atoms with E-state index in [1.807, 2.05) is 49.4 Å². The minimum Gasteiger partial charge on any atom is -0.462 e. The Bertz CT molecular complexity index is 936. The Labute approximate surface area is 158 Å². The normalized spacial score (nSPS) is 10.4. The average molecular weight is 362 g/mol. The Morgan fingerprint density at radius 1 is 0.889 bits per heavy atom. The Morgan fingerprint density at radius 2 is 1.59 bits per heavy atom. The molecule has 0 heterocycles. The molecule has 3 rings (SSSR count). The Hall–Kier alpha value is -3.34. The predicted octanol–water partition coefficient (Wildman–Crippen LogP) is 4.46. The second-order valence-electron chi connectivity index (χ2n) is 6.18. The van der Waals surface area contributed by atoms with Gasteiger partial charge in [-0.3, -0.25) is 4.79 Å². The van der Waals surface area contributed by atoms with Crippen LogP contribution in [0.5, 0.6) is 0 Å². The van der Waals surface area contributed by atoms with Gasteiger partial charge in [0.15, 0.2) is 0 Å². The minimum atomic E-state index is -0.354. The van der Waals surface area contributed by atoms with Crippen molar-refractivity contribution in [1.82, 2.24) is 0 Å². The standard InChI is InChI=1S/C22H22N2O3/c1-2-13-27-22(26)17-8-10-19(11-9-17)24-21(25)15-23-20-12-7-16-5-3-4-6-18(16)14-20/h3-12,14,23H,2,13,15H2,1H3,(H,24,25). The van der Waals surface area contributed by atoms with E-state index in [0.29, 0.717) is 17.9 Å². The summed E-state index contributed by atoms with van der Waals surface area (Å²) in [7, 11) is 0. The molecule has 0 radical (unpaired) electrons. The number of rotatable bonds is 7. The molecule has 0 fully saturated rings. The largest absolute Gasteiger partial charge is 0.462 e. The van der Waals surface area contributed by atoms with Crippen molar-refractivity contribution in [1.29, 1.82) is 0 Å². The van der Waals surface area contributed by atoms with Gasteiger partial charge in [0, 0.05) is 11.4 Å². The van der Waals surface area contributed by atoms with E-state index in [-0.39, 0.29) is 18.4 Å². The van der Waals surface area contributed by atoms with E-state index in [4.69, 9.17) is 4.74 Å². The van der Waals surface area contributed by atoms with E-state index in [0.717, 1.165) is 22.9 Å². The fourth-order valence-corrected chi connectivity index (χ4v) is 2.65. The highest BCUT2D eigenvalue weighted by Gasteiger charge is 2.07. The molecule has 0 aliphatic carbocycles. The molecule has 0 saturated carbocycles. The first-order valence-corrected chi connectivity index (χ1v) is 8.95. The Kier molecular flexibility index (Phi) is 6.05. The molecule has 0 aromatic heterocycles. The lowest BCUT2D eigenvalue weighted by atomic mass is 10.1. The third-order valence-corrected chi connectivity index (χ3v) is 4.04. The molecule has 0 saturated heterocycles. The van der Waals surface area contributed by atoms with E-state index in [1.165, 1.54) is 0 Å². The van der Waals surface area contributed by atoms with Crippen molar-refractivity contribution in [3.63, 3.8) is 0 Å². The SMILES string of the molecule is CCCOC(=O)c1ccc(NC(=O)CNc2ccc3ccccc3c2)cc1.